The van der Waals surface area contributed by atoms with Crippen molar-refractivity contribution in [3.8, 4) is 5.75 Å². The predicted octanol–water partition coefficient (Wildman–Crippen LogP) is 3.94. The van der Waals surface area contributed by atoms with E-state index in [0.29, 0.717) is 18.4 Å². The lowest BCUT2D eigenvalue weighted by Crippen LogP contribution is -2.36. The molecule has 0 atom stereocenters. The Bertz CT molecular complexity index is 970. The molecule has 28 heavy (non-hydrogen) atoms. The van der Waals surface area contributed by atoms with Crippen LogP contribution in [0.25, 0.3) is 0 Å². The largest absolute Gasteiger partial charge is 0.379 e. The Morgan fingerprint density at radius 2 is 1.79 bits per heavy atom. The van der Waals surface area contributed by atoms with Gasteiger partial charge in [-0.2, -0.15) is 8.42 Å². The summed E-state index contributed by atoms with van der Waals surface area (Å²) in [5.41, 5.74) is 1.56. The molecule has 0 bridgehead atoms. The standard InChI is InChI=1S/C20H21F2NO4S/c1-13-3-4-14(2)18(11-13)28(25,26)27-17-9-5-15(6-10-17)20(24)23(12-19(21)22)16-7-8-16/h3-6,9-11,16,19H,7-8,12H2,1-2H3. The lowest BCUT2D eigenvalue weighted by Gasteiger charge is -2.22. The third kappa shape index (κ3) is 4.67. The average Bonchev–Trinajstić information content (AvgIpc) is 3.46. The first-order valence-electron chi connectivity index (χ1n) is 8.88. The van der Waals surface area contributed by atoms with Crippen LogP contribution in [0.1, 0.15) is 34.3 Å². The SMILES string of the molecule is Cc1ccc(C)c(S(=O)(=O)Oc2ccc(C(=O)N(CC(F)F)C3CC3)cc2)c1. The molecule has 0 radical (unpaired) electrons. The molecule has 0 N–H and O–H groups in total. The minimum absolute atomic E-state index is 0.0456. The highest BCUT2D eigenvalue weighted by atomic mass is 32.2. The summed E-state index contributed by atoms with van der Waals surface area (Å²) < 4.78 is 55.7. The average molecular weight is 409 g/mol. The summed E-state index contributed by atoms with van der Waals surface area (Å²) in [5, 5.41) is 0. The van der Waals surface area contributed by atoms with Crippen LogP contribution in [0.2, 0.25) is 0 Å². The van der Waals surface area contributed by atoms with Gasteiger partial charge >= 0.3 is 10.1 Å². The Hall–Kier alpha value is -2.48. The highest BCUT2D eigenvalue weighted by Gasteiger charge is 2.34. The fourth-order valence-corrected chi connectivity index (χ4v) is 4.15. The van der Waals surface area contributed by atoms with Gasteiger partial charge in [0.25, 0.3) is 12.3 Å². The first kappa shape index (κ1) is 20.3. The van der Waals surface area contributed by atoms with Gasteiger partial charge in [-0.05, 0) is 68.1 Å². The van der Waals surface area contributed by atoms with E-state index in [4.69, 9.17) is 4.18 Å². The molecule has 0 saturated heterocycles. The molecule has 150 valence electrons. The van der Waals surface area contributed by atoms with Crippen molar-refractivity contribution >= 4 is 16.0 Å². The van der Waals surface area contributed by atoms with E-state index in [9.17, 15) is 22.0 Å². The second kappa shape index (κ2) is 7.87. The molecular formula is C20H21F2NO4S. The van der Waals surface area contributed by atoms with Crippen molar-refractivity contribution in [2.75, 3.05) is 6.54 Å². The Morgan fingerprint density at radius 3 is 2.36 bits per heavy atom. The van der Waals surface area contributed by atoms with Gasteiger partial charge in [-0.3, -0.25) is 4.79 Å². The van der Waals surface area contributed by atoms with Crippen molar-refractivity contribution in [2.45, 2.75) is 44.1 Å². The molecule has 0 unspecified atom stereocenters. The zero-order valence-corrected chi connectivity index (χ0v) is 16.4. The third-order valence-electron chi connectivity index (χ3n) is 4.50. The maximum atomic E-state index is 12.7. The van der Waals surface area contributed by atoms with E-state index < -0.39 is 29.0 Å². The number of benzene rings is 2. The number of carbonyl (C=O) groups excluding carboxylic acids is 1. The van der Waals surface area contributed by atoms with Gasteiger partial charge < -0.3 is 9.08 Å². The topological polar surface area (TPSA) is 63.7 Å². The zero-order chi connectivity index (χ0) is 20.5. The number of alkyl halides is 2. The van der Waals surface area contributed by atoms with Gasteiger partial charge in [0, 0.05) is 11.6 Å². The molecule has 0 aliphatic heterocycles. The Labute approximate surface area is 163 Å². The maximum Gasteiger partial charge on any atom is 0.339 e. The molecule has 2 aromatic carbocycles. The van der Waals surface area contributed by atoms with Crippen molar-refractivity contribution in [3.05, 3.63) is 59.2 Å². The van der Waals surface area contributed by atoms with Gasteiger partial charge in [-0.1, -0.05) is 12.1 Å². The highest BCUT2D eigenvalue weighted by molar-refractivity contribution is 7.87. The van der Waals surface area contributed by atoms with E-state index >= 15 is 0 Å². The molecule has 1 aliphatic rings. The first-order chi connectivity index (χ1) is 13.2. The molecule has 8 heteroatoms. The maximum absolute atomic E-state index is 12.7. The predicted molar refractivity (Wildman–Crippen MR) is 100 cm³/mol. The molecule has 5 nitrogen and oxygen atoms in total. The first-order valence-corrected chi connectivity index (χ1v) is 10.3. The normalized spacial score (nSPS) is 14.2. The fraction of sp³-hybridized carbons (Fsp3) is 0.350. The van der Waals surface area contributed by atoms with E-state index in [1.165, 1.54) is 35.2 Å². The number of carbonyl (C=O) groups is 1. The summed E-state index contributed by atoms with van der Waals surface area (Å²) in [6.45, 7) is 2.85. The van der Waals surface area contributed by atoms with Crippen LogP contribution in [0, 0.1) is 13.8 Å². The number of hydrogen-bond acceptors (Lipinski definition) is 4. The second-order valence-electron chi connectivity index (χ2n) is 6.91. The Morgan fingerprint density at radius 1 is 1.14 bits per heavy atom. The van der Waals surface area contributed by atoms with Gasteiger partial charge in [-0.15, -0.1) is 0 Å². The van der Waals surface area contributed by atoms with Crippen molar-refractivity contribution in [1.29, 1.82) is 0 Å². The van der Waals surface area contributed by atoms with Crippen LogP contribution in [0.4, 0.5) is 8.78 Å². The summed E-state index contributed by atoms with van der Waals surface area (Å²) in [4.78, 5) is 13.7. The molecule has 0 heterocycles. The summed E-state index contributed by atoms with van der Waals surface area (Å²) in [7, 11) is -4.03. The van der Waals surface area contributed by atoms with Crippen LogP contribution in [-0.2, 0) is 10.1 Å². The molecule has 1 fully saturated rings. The van der Waals surface area contributed by atoms with Crippen LogP contribution < -0.4 is 4.18 Å². The third-order valence-corrected chi connectivity index (χ3v) is 5.89. The quantitative estimate of drug-likeness (QED) is 0.650. The molecule has 3 rings (SSSR count). The van der Waals surface area contributed by atoms with Crippen LogP contribution >= 0.6 is 0 Å². The molecule has 1 aliphatic carbocycles. The van der Waals surface area contributed by atoms with Gasteiger partial charge in [-0.25, -0.2) is 8.78 Å². The highest BCUT2D eigenvalue weighted by Crippen LogP contribution is 2.29. The number of aryl methyl sites for hydroxylation is 2. The van der Waals surface area contributed by atoms with E-state index in [0.717, 1.165) is 5.56 Å². The molecule has 2 aromatic rings. The Balaban J connectivity index is 1.77. The van der Waals surface area contributed by atoms with Gasteiger partial charge in [0.2, 0.25) is 0 Å². The van der Waals surface area contributed by atoms with Crippen molar-refractivity contribution in [3.63, 3.8) is 0 Å². The summed E-state index contributed by atoms with van der Waals surface area (Å²) in [6.07, 6.45) is -1.17. The number of rotatable bonds is 7. The zero-order valence-electron chi connectivity index (χ0n) is 15.6. The smallest absolute Gasteiger partial charge is 0.339 e. The summed E-state index contributed by atoms with van der Waals surface area (Å²) >= 11 is 0. The van der Waals surface area contributed by atoms with E-state index in [1.54, 1.807) is 26.0 Å². The van der Waals surface area contributed by atoms with Crippen LogP contribution in [0.3, 0.4) is 0 Å². The van der Waals surface area contributed by atoms with E-state index in [-0.39, 0.29) is 22.3 Å². The molecule has 0 spiro atoms. The van der Waals surface area contributed by atoms with E-state index in [2.05, 4.69) is 0 Å². The van der Waals surface area contributed by atoms with Gasteiger partial charge in [0.15, 0.2) is 0 Å². The minimum atomic E-state index is -4.03. The molecule has 0 aromatic heterocycles. The molecule has 1 saturated carbocycles. The molecule has 1 amide bonds. The number of hydrogen-bond donors (Lipinski definition) is 0. The van der Waals surface area contributed by atoms with Crippen molar-refractivity contribution in [2.24, 2.45) is 0 Å². The van der Waals surface area contributed by atoms with Gasteiger partial charge in [0.05, 0.1) is 6.54 Å². The van der Waals surface area contributed by atoms with Gasteiger partial charge in [0.1, 0.15) is 10.6 Å². The van der Waals surface area contributed by atoms with Crippen molar-refractivity contribution in [1.82, 2.24) is 4.90 Å². The monoisotopic (exact) mass is 409 g/mol. The Kier molecular flexibility index (Phi) is 5.69. The number of nitrogens with zero attached hydrogens (tertiary/aromatic N) is 1. The second-order valence-corrected chi connectivity index (χ2v) is 8.43. The fourth-order valence-electron chi connectivity index (χ4n) is 2.90. The van der Waals surface area contributed by atoms with Crippen LogP contribution in [0.5, 0.6) is 5.75 Å². The summed E-state index contributed by atoms with van der Waals surface area (Å²) in [6, 6.07) is 10.4. The number of halogens is 2. The molecular weight excluding hydrogens is 388 g/mol. The van der Waals surface area contributed by atoms with E-state index in [1.807, 2.05) is 0 Å². The lowest BCUT2D eigenvalue weighted by atomic mass is 10.2. The van der Waals surface area contributed by atoms with Crippen LogP contribution in [-0.4, -0.2) is 38.2 Å². The minimum Gasteiger partial charge on any atom is -0.379 e. The summed E-state index contributed by atoms with van der Waals surface area (Å²) in [5.74, 6) is -0.448. The van der Waals surface area contributed by atoms with Crippen molar-refractivity contribution < 1.29 is 26.2 Å². The lowest BCUT2D eigenvalue weighted by molar-refractivity contribution is 0.0534. The number of amides is 1. The van der Waals surface area contributed by atoms with Crippen LogP contribution in [0.15, 0.2) is 47.4 Å².